The summed E-state index contributed by atoms with van der Waals surface area (Å²) in [6.07, 6.45) is 7.96. The van der Waals surface area contributed by atoms with Gasteiger partial charge in [0, 0.05) is 0 Å². The lowest BCUT2D eigenvalue weighted by molar-refractivity contribution is 0.122. The first-order chi connectivity index (χ1) is 13.3. The van der Waals surface area contributed by atoms with Gasteiger partial charge in [0.05, 0.1) is 11.0 Å². The van der Waals surface area contributed by atoms with Gasteiger partial charge in [-0.2, -0.15) is 8.42 Å². The van der Waals surface area contributed by atoms with E-state index >= 15 is 0 Å². The lowest BCUT2D eigenvalue weighted by Crippen LogP contribution is -2.17. The predicted octanol–water partition coefficient (Wildman–Crippen LogP) is 5.29. The highest BCUT2D eigenvalue weighted by atomic mass is 32.2. The van der Waals surface area contributed by atoms with Crippen molar-refractivity contribution in [2.24, 2.45) is 0 Å². The molecule has 2 aromatic rings. The highest BCUT2D eigenvalue weighted by Crippen LogP contribution is 2.33. The molecule has 5 heteroatoms. The molecule has 0 amide bonds. The van der Waals surface area contributed by atoms with Crippen molar-refractivity contribution < 1.29 is 18.1 Å². The van der Waals surface area contributed by atoms with Gasteiger partial charge < -0.3 is 5.11 Å². The second-order valence-corrected chi connectivity index (χ2v) is 8.98. The zero-order valence-electron chi connectivity index (χ0n) is 16.8. The summed E-state index contributed by atoms with van der Waals surface area (Å²) in [4.78, 5) is -0.0278. The van der Waals surface area contributed by atoms with Gasteiger partial charge >= 0.3 is 0 Å². The average Bonchev–Trinajstić information content (AvgIpc) is 2.67. The molecule has 1 aliphatic rings. The molecule has 0 aliphatic heterocycles. The van der Waals surface area contributed by atoms with Gasteiger partial charge in [0.1, 0.15) is 0 Å². The topological polar surface area (TPSA) is 74.6 Å². The summed E-state index contributed by atoms with van der Waals surface area (Å²) in [6, 6.07) is 15.4. The number of rotatable bonds is 5. The summed E-state index contributed by atoms with van der Waals surface area (Å²) in [5.74, 6) is 0.681. The van der Waals surface area contributed by atoms with E-state index < -0.39 is 10.1 Å². The molecule has 2 N–H and O–H groups in total. The summed E-state index contributed by atoms with van der Waals surface area (Å²) in [7, 11) is -4.03. The van der Waals surface area contributed by atoms with Crippen molar-refractivity contribution in [3.05, 3.63) is 65.2 Å². The standard InChI is InChI=1S/C16H24O.C7H8O3S/c1-2-3-5-13-6-4-7-15(12-13)14-8-10-16(17)11-9-14;1-6-4-2-3-5-7(6)11(8,9)10/h4,6-7,12,14,16-17H,2-3,5,8-11H2,1H3;2-5H,1H3,(H,8,9,10). The number of unbranched alkanes of at least 4 members (excludes halogenated alkanes) is 1. The Kier molecular flexibility index (Phi) is 8.67. The Morgan fingerprint density at radius 1 is 1.00 bits per heavy atom. The molecular weight excluding hydrogens is 372 g/mol. The molecule has 0 heterocycles. The number of aryl methyl sites for hydroxylation is 2. The second-order valence-electron chi connectivity index (χ2n) is 7.59. The van der Waals surface area contributed by atoms with Crippen molar-refractivity contribution in [1.82, 2.24) is 0 Å². The minimum Gasteiger partial charge on any atom is -0.393 e. The van der Waals surface area contributed by atoms with Crippen LogP contribution in [0.3, 0.4) is 0 Å². The summed E-state index contributed by atoms with van der Waals surface area (Å²) in [6.45, 7) is 3.87. The number of hydrogen-bond acceptors (Lipinski definition) is 3. The molecule has 3 rings (SSSR count). The summed E-state index contributed by atoms with van der Waals surface area (Å²) < 4.78 is 29.9. The van der Waals surface area contributed by atoms with Crippen molar-refractivity contribution >= 4 is 10.1 Å². The van der Waals surface area contributed by atoms with Crippen LogP contribution < -0.4 is 0 Å². The quantitative estimate of drug-likeness (QED) is 0.664. The Bertz CT molecular complexity index is 837. The molecule has 0 spiro atoms. The zero-order valence-corrected chi connectivity index (χ0v) is 17.7. The van der Waals surface area contributed by atoms with E-state index in [1.807, 2.05) is 0 Å². The fraction of sp³-hybridized carbons (Fsp3) is 0.478. The molecule has 1 fully saturated rings. The Morgan fingerprint density at radius 2 is 1.68 bits per heavy atom. The molecule has 4 nitrogen and oxygen atoms in total. The van der Waals surface area contributed by atoms with Crippen molar-refractivity contribution in [2.75, 3.05) is 0 Å². The first kappa shape index (κ1) is 22.6. The van der Waals surface area contributed by atoms with Crippen LogP contribution in [0.1, 0.15) is 68.1 Å². The molecule has 154 valence electrons. The van der Waals surface area contributed by atoms with Crippen LogP contribution in [-0.4, -0.2) is 24.2 Å². The third kappa shape index (κ3) is 7.04. The van der Waals surface area contributed by atoms with E-state index in [9.17, 15) is 13.5 Å². The SMILES string of the molecule is CCCCc1cccc(C2CCC(O)CC2)c1.Cc1ccccc1S(=O)(=O)O. The molecule has 1 aliphatic carbocycles. The maximum Gasteiger partial charge on any atom is 0.294 e. The van der Waals surface area contributed by atoms with Crippen LogP contribution in [0.2, 0.25) is 0 Å². The third-order valence-corrected chi connectivity index (χ3v) is 6.32. The van der Waals surface area contributed by atoms with Gasteiger partial charge in [-0.1, -0.05) is 55.8 Å². The van der Waals surface area contributed by atoms with Crippen LogP contribution in [0.5, 0.6) is 0 Å². The molecule has 28 heavy (non-hydrogen) atoms. The van der Waals surface area contributed by atoms with Gasteiger partial charge in [-0.15, -0.1) is 0 Å². The predicted molar refractivity (Wildman–Crippen MR) is 113 cm³/mol. The molecule has 1 saturated carbocycles. The van der Waals surface area contributed by atoms with E-state index in [-0.39, 0.29) is 11.0 Å². The van der Waals surface area contributed by atoms with Gasteiger partial charge in [0.25, 0.3) is 10.1 Å². The maximum atomic E-state index is 10.6. The van der Waals surface area contributed by atoms with E-state index in [1.54, 1.807) is 25.1 Å². The Morgan fingerprint density at radius 3 is 2.25 bits per heavy atom. The fourth-order valence-electron chi connectivity index (χ4n) is 3.64. The van der Waals surface area contributed by atoms with Crippen molar-refractivity contribution in [1.29, 1.82) is 0 Å². The van der Waals surface area contributed by atoms with Gasteiger partial charge in [-0.3, -0.25) is 4.55 Å². The van der Waals surface area contributed by atoms with Gasteiger partial charge in [-0.25, -0.2) is 0 Å². The molecule has 0 aromatic heterocycles. The van der Waals surface area contributed by atoms with Gasteiger partial charge in [0.2, 0.25) is 0 Å². The van der Waals surface area contributed by atoms with E-state index in [2.05, 4.69) is 31.2 Å². The minimum absolute atomic E-state index is 0.0278. The zero-order chi connectivity index (χ0) is 20.6. The summed E-state index contributed by atoms with van der Waals surface area (Å²) >= 11 is 0. The minimum atomic E-state index is -4.03. The lowest BCUT2D eigenvalue weighted by Gasteiger charge is -2.26. The van der Waals surface area contributed by atoms with Crippen LogP contribution in [0.25, 0.3) is 0 Å². The van der Waals surface area contributed by atoms with E-state index in [1.165, 1.54) is 36.5 Å². The Labute approximate surface area is 169 Å². The highest BCUT2D eigenvalue weighted by Gasteiger charge is 2.20. The first-order valence-electron chi connectivity index (χ1n) is 10.1. The van der Waals surface area contributed by atoms with Crippen LogP contribution >= 0.6 is 0 Å². The van der Waals surface area contributed by atoms with Crippen LogP contribution in [-0.2, 0) is 16.5 Å². The smallest absolute Gasteiger partial charge is 0.294 e. The summed E-state index contributed by atoms with van der Waals surface area (Å²) in [5, 5.41) is 9.54. The van der Waals surface area contributed by atoms with Crippen molar-refractivity contribution in [3.63, 3.8) is 0 Å². The third-order valence-electron chi connectivity index (χ3n) is 5.31. The van der Waals surface area contributed by atoms with E-state index in [0.29, 0.717) is 11.5 Å². The van der Waals surface area contributed by atoms with E-state index in [0.717, 1.165) is 25.7 Å². The fourth-order valence-corrected chi connectivity index (χ4v) is 4.36. The molecule has 0 unspecified atom stereocenters. The average molecular weight is 405 g/mol. The largest absolute Gasteiger partial charge is 0.393 e. The van der Waals surface area contributed by atoms with Crippen molar-refractivity contribution in [2.45, 2.75) is 75.7 Å². The normalized spacial score (nSPS) is 19.6. The number of aliphatic hydroxyl groups is 1. The van der Waals surface area contributed by atoms with Crippen LogP contribution in [0.4, 0.5) is 0 Å². The monoisotopic (exact) mass is 404 g/mol. The molecule has 2 aromatic carbocycles. The highest BCUT2D eigenvalue weighted by molar-refractivity contribution is 7.85. The molecule has 0 radical (unpaired) electrons. The molecular formula is C23H32O4S. The maximum absolute atomic E-state index is 10.6. The lowest BCUT2D eigenvalue weighted by atomic mass is 9.82. The van der Waals surface area contributed by atoms with Crippen molar-refractivity contribution in [3.8, 4) is 0 Å². The molecule has 0 atom stereocenters. The first-order valence-corrected chi connectivity index (χ1v) is 11.5. The van der Waals surface area contributed by atoms with Gasteiger partial charge in [-0.05, 0) is 74.1 Å². The Hall–Kier alpha value is -1.69. The summed E-state index contributed by atoms with van der Waals surface area (Å²) in [5.41, 5.74) is 3.52. The second kappa shape index (κ2) is 10.7. The molecule has 0 saturated heterocycles. The Balaban J connectivity index is 0.000000221. The number of benzene rings is 2. The van der Waals surface area contributed by atoms with Crippen LogP contribution in [0, 0.1) is 6.92 Å². The van der Waals surface area contributed by atoms with Gasteiger partial charge in [0.15, 0.2) is 0 Å². The number of hydrogen-bond donors (Lipinski definition) is 2. The van der Waals surface area contributed by atoms with E-state index in [4.69, 9.17) is 4.55 Å². The number of aliphatic hydroxyl groups excluding tert-OH is 1. The molecule has 0 bridgehead atoms. The van der Waals surface area contributed by atoms with Crippen LogP contribution in [0.15, 0.2) is 53.4 Å².